The van der Waals surface area contributed by atoms with Gasteiger partial charge in [-0.2, -0.15) is 0 Å². The van der Waals surface area contributed by atoms with Crippen LogP contribution in [0.25, 0.3) is 0 Å². The van der Waals surface area contributed by atoms with Crippen molar-refractivity contribution in [3.05, 3.63) is 48.4 Å². The maximum absolute atomic E-state index is 12.6. The van der Waals surface area contributed by atoms with Crippen molar-refractivity contribution in [3.8, 4) is 5.75 Å². The summed E-state index contributed by atoms with van der Waals surface area (Å²) >= 11 is 0. The Morgan fingerprint density at radius 1 is 1.59 bits per heavy atom. The predicted octanol–water partition coefficient (Wildman–Crippen LogP) is 2.04. The van der Waals surface area contributed by atoms with Gasteiger partial charge in [0, 0.05) is 17.5 Å². The molecule has 17 heavy (non-hydrogen) atoms. The van der Waals surface area contributed by atoms with E-state index in [1.165, 1.54) is 6.07 Å². The average molecular weight is 238 g/mol. The van der Waals surface area contributed by atoms with E-state index in [1.54, 1.807) is 12.1 Å². The van der Waals surface area contributed by atoms with Crippen LogP contribution in [-0.2, 0) is 11.3 Å². The fourth-order valence-corrected chi connectivity index (χ4v) is 1.16. The molecule has 0 heterocycles. The number of ether oxygens (including phenoxy) is 1. The van der Waals surface area contributed by atoms with Gasteiger partial charge in [-0.25, -0.2) is 4.39 Å². The number of rotatable bonds is 6. The van der Waals surface area contributed by atoms with Gasteiger partial charge < -0.3 is 20.9 Å². The molecule has 1 rings (SSSR count). The molecule has 1 aromatic carbocycles. The highest BCUT2D eigenvalue weighted by molar-refractivity contribution is 5.53. The lowest BCUT2D eigenvalue weighted by Crippen LogP contribution is -2.11. The minimum absolute atomic E-state index is 0.0813. The number of nitrogens with two attached hydrogens (primary N) is 1. The molecule has 0 bridgehead atoms. The van der Waals surface area contributed by atoms with Gasteiger partial charge in [0.15, 0.2) is 0 Å². The average Bonchev–Trinajstić information content (AvgIpc) is 2.31. The number of nitrogen functional groups attached to an aromatic ring is 1. The first-order valence-electron chi connectivity index (χ1n) is 5.00. The third-order valence-corrected chi connectivity index (χ3v) is 2.05. The number of anilines is 1. The number of phenols is 1. The Morgan fingerprint density at radius 2 is 2.35 bits per heavy atom. The summed E-state index contributed by atoms with van der Waals surface area (Å²) < 4.78 is 17.8. The van der Waals surface area contributed by atoms with Gasteiger partial charge in [-0.1, -0.05) is 12.6 Å². The molecule has 1 aromatic rings. The number of nitrogens with one attached hydrogen (secondary N) is 1. The highest BCUT2D eigenvalue weighted by Gasteiger charge is 2.04. The lowest BCUT2D eigenvalue weighted by atomic mass is 10.2. The van der Waals surface area contributed by atoms with Gasteiger partial charge >= 0.3 is 0 Å². The van der Waals surface area contributed by atoms with Crippen molar-refractivity contribution in [3.63, 3.8) is 0 Å². The van der Waals surface area contributed by atoms with Crippen molar-refractivity contribution in [2.45, 2.75) is 6.61 Å². The molecule has 0 radical (unpaired) electrons. The van der Waals surface area contributed by atoms with E-state index in [-0.39, 0.29) is 19.1 Å². The molecule has 0 spiro atoms. The van der Waals surface area contributed by atoms with Crippen LogP contribution in [0.15, 0.2) is 42.9 Å². The second-order valence-electron chi connectivity index (χ2n) is 3.28. The molecule has 0 saturated heterocycles. The first kappa shape index (κ1) is 13.1. The quantitative estimate of drug-likeness (QED) is 0.307. The van der Waals surface area contributed by atoms with E-state index in [4.69, 9.17) is 10.5 Å². The van der Waals surface area contributed by atoms with Crippen LogP contribution in [0.4, 0.5) is 10.1 Å². The molecule has 0 fully saturated rings. The number of halogens is 1. The van der Waals surface area contributed by atoms with Crippen LogP contribution < -0.4 is 11.1 Å². The van der Waals surface area contributed by atoms with E-state index in [1.807, 2.05) is 0 Å². The fourth-order valence-electron chi connectivity index (χ4n) is 1.16. The smallest absolute Gasteiger partial charge is 0.138 e. The maximum Gasteiger partial charge on any atom is 0.138 e. The minimum atomic E-state index is -0.476. The Balaban J connectivity index is 2.39. The zero-order valence-electron chi connectivity index (χ0n) is 9.32. The normalized spacial score (nSPS) is 11.2. The summed E-state index contributed by atoms with van der Waals surface area (Å²) in [6.45, 7) is 3.51. The first-order valence-corrected chi connectivity index (χ1v) is 5.00. The number of phenolic OH excluding ortho intramolecular Hbond substituents is 1. The van der Waals surface area contributed by atoms with Crippen molar-refractivity contribution >= 4 is 5.69 Å². The predicted molar refractivity (Wildman–Crippen MR) is 64.7 cm³/mol. The topological polar surface area (TPSA) is 67.5 Å². The molecule has 0 aliphatic carbocycles. The molecule has 4 nitrogen and oxygen atoms in total. The summed E-state index contributed by atoms with van der Waals surface area (Å²) in [7, 11) is 0. The summed E-state index contributed by atoms with van der Waals surface area (Å²) in [5, 5.41) is 12.1. The monoisotopic (exact) mass is 238 g/mol. The third kappa shape index (κ3) is 4.16. The molecule has 0 aromatic heterocycles. The second-order valence-corrected chi connectivity index (χ2v) is 3.28. The summed E-state index contributed by atoms with van der Waals surface area (Å²) in [6, 6.07) is 4.84. The van der Waals surface area contributed by atoms with Gasteiger partial charge in [0.25, 0.3) is 0 Å². The van der Waals surface area contributed by atoms with E-state index in [2.05, 4.69) is 11.9 Å². The molecule has 0 atom stereocenters. The highest BCUT2D eigenvalue weighted by Crippen LogP contribution is 2.23. The van der Waals surface area contributed by atoms with Crippen molar-refractivity contribution in [2.24, 2.45) is 0 Å². The molecule has 0 unspecified atom stereocenters. The van der Waals surface area contributed by atoms with Crippen molar-refractivity contribution in [1.82, 2.24) is 5.32 Å². The zero-order chi connectivity index (χ0) is 12.7. The third-order valence-electron chi connectivity index (χ3n) is 2.05. The van der Waals surface area contributed by atoms with Crippen molar-refractivity contribution in [1.29, 1.82) is 0 Å². The molecule has 0 saturated carbocycles. The van der Waals surface area contributed by atoms with Crippen LogP contribution in [-0.4, -0.2) is 11.8 Å². The Bertz CT molecular complexity index is 399. The summed E-state index contributed by atoms with van der Waals surface area (Å²) in [4.78, 5) is 0. The van der Waals surface area contributed by atoms with E-state index < -0.39 is 5.83 Å². The van der Waals surface area contributed by atoms with E-state index in [0.29, 0.717) is 11.3 Å². The standard InChI is InChI=1S/C12H15FN2O2/c1-2-9(13)6-15-8-17-7-10-11(14)4-3-5-12(10)16/h2-6,15-16H,1,7-8,14H2/b9-6+. The maximum atomic E-state index is 12.6. The number of hydrogen-bond donors (Lipinski definition) is 3. The summed E-state index contributed by atoms with van der Waals surface area (Å²) in [6.07, 6.45) is 2.22. The molecule has 0 aliphatic heterocycles. The van der Waals surface area contributed by atoms with Crippen LogP contribution in [0.3, 0.4) is 0 Å². The minimum Gasteiger partial charge on any atom is -0.508 e. The highest BCUT2D eigenvalue weighted by atomic mass is 19.1. The summed E-state index contributed by atoms with van der Waals surface area (Å²) in [5.74, 6) is -0.395. The first-order chi connectivity index (χ1) is 8.15. The number of aromatic hydroxyl groups is 1. The van der Waals surface area contributed by atoms with E-state index in [9.17, 15) is 9.50 Å². The number of hydrogen-bond acceptors (Lipinski definition) is 4. The molecule has 5 heteroatoms. The Kier molecular flexibility index (Phi) is 5.03. The van der Waals surface area contributed by atoms with Crippen molar-refractivity contribution < 1.29 is 14.2 Å². The SMILES string of the molecule is C=C/C(F)=C\NCOCc1c(N)cccc1O. The molecular formula is C12H15FN2O2. The Labute approximate surface area is 99.2 Å². The molecule has 0 amide bonds. The van der Waals surface area contributed by atoms with Gasteiger partial charge in [0.2, 0.25) is 0 Å². The van der Waals surface area contributed by atoms with Crippen LogP contribution in [0.1, 0.15) is 5.56 Å². The zero-order valence-corrected chi connectivity index (χ0v) is 9.32. The molecular weight excluding hydrogens is 223 g/mol. The van der Waals surface area contributed by atoms with Gasteiger partial charge in [-0.15, -0.1) is 0 Å². The summed E-state index contributed by atoms with van der Waals surface area (Å²) in [5.41, 5.74) is 6.63. The van der Waals surface area contributed by atoms with E-state index in [0.717, 1.165) is 12.3 Å². The number of benzene rings is 1. The lowest BCUT2D eigenvalue weighted by Gasteiger charge is -2.08. The van der Waals surface area contributed by atoms with Crippen LogP contribution >= 0.6 is 0 Å². The van der Waals surface area contributed by atoms with Crippen LogP contribution in [0.5, 0.6) is 5.75 Å². The van der Waals surface area contributed by atoms with Crippen molar-refractivity contribution in [2.75, 3.05) is 12.5 Å². The Hall–Kier alpha value is -2.01. The lowest BCUT2D eigenvalue weighted by molar-refractivity contribution is 0.110. The molecule has 4 N–H and O–H groups in total. The van der Waals surface area contributed by atoms with Gasteiger partial charge in [-0.05, 0) is 18.2 Å². The van der Waals surface area contributed by atoms with Gasteiger partial charge in [0.1, 0.15) is 18.3 Å². The van der Waals surface area contributed by atoms with Gasteiger partial charge in [0.05, 0.1) is 6.61 Å². The fraction of sp³-hybridized carbons (Fsp3) is 0.167. The Morgan fingerprint density at radius 3 is 3.00 bits per heavy atom. The molecule has 92 valence electrons. The van der Waals surface area contributed by atoms with Crippen LogP contribution in [0, 0.1) is 0 Å². The van der Waals surface area contributed by atoms with Crippen LogP contribution in [0.2, 0.25) is 0 Å². The second kappa shape index (κ2) is 6.55. The largest absolute Gasteiger partial charge is 0.508 e. The van der Waals surface area contributed by atoms with Gasteiger partial charge in [-0.3, -0.25) is 0 Å². The number of allylic oxidation sites excluding steroid dienone is 2. The molecule has 0 aliphatic rings. The van der Waals surface area contributed by atoms with E-state index >= 15 is 0 Å².